The number of hydrogen-bond acceptors (Lipinski definition) is 2. The molecule has 0 aliphatic carbocycles. The average Bonchev–Trinajstić information content (AvgIpc) is 2.30. The monoisotopic (exact) mass is 151 g/mol. The Kier molecular flexibility index (Phi) is 1.37. The molecule has 0 fully saturated rings. The van der Waals surface area contributed by atoms with E-state index in [9.17, 15) is 0 Å². The van der Waals surface area contributed by atoms with E-state index in [4.69, 9.17) is 0 Å². The largest absolute Gasteiger partial charge is 0.370 e. The van der Waals surface area contributed by atoms with Crippen molar-refractivity contribution >= 4 is 5.82 Å². The predicted octanol–water partition coefficient (Wildman–Crippen LogP) is 1.09. The number of fused-ring (bicyclic) bond motifs is 1. The predicted molar refractivity (Wildman–Crippen MR) is 44.8 cm³/mol. The fraction of sp³-hybridized carbons (Fsp3) is 0.625. The quantitative estimate of drug-likeness (QED) is 0.601. The maximum Gasteiger partial charge on any atom is 0.127 e. The minimum absolute atomic E-state index is 1.09. The lowest BCUT2D eigenvalue weighted by molar-refractivity contribution is 0.745. The van der Waals surface area contributed by atoms with E-state index >= 15 is 0 Å². The summed E-state index contributed by atoms with van der Waals surface area (Å²) in [6.45, 7) is 3.16. The second-order valence-corrected chi connectivity index (χ2v) is 3.07. The van der Waals surface area contributed by atoms with E-state index in [0.717, 1.165) is 6.54 Å². The molecule has 0 atom stereocenters. The van der Waals surface area contributed by atoms with Gasteiger partial charge in [-0.15, -0.1) is 0 Å². The Balaban J connectivity index is 2.52. The molecule has 0 radical (unpaired) electrons. The third-order valence-corrected chi connectivity index (χ3v) is 2.24. The SMILES string of the molecule is Cc1nn(C)c2c1CCCN2. The lowest BCUT2D eigenvalue weighted by Crippen LogP contribution is -2.13. The van der Waals surface area contributed by atoms with Gasteiger partial charge in [-0.1, -0.05) is 0 Å². The molecule has 1 N–H and O–H groups in total. The van der Waals surface area contributed by atoms with Crippen molar-refractivity contribution < 1.29 is 0 Å². The van der Waals surface area contributed by atoms with Crippen LogP contribution in [0.2, 0.25) is 0 Å². The van der Waals surface area contributed by atoms with Crippen molar-refractivity contribution in [3.05, 3.63) is 11.3 Å². The molecule has 0 saturated carbocycles. The first-order valence-electron chi connectivity index (χ1n) is 4.05. The first kappa shape index (κ1) is 6.70. The lowest BCUT2D eigenvalue weighted by atomic mass is 10.1. The molecule has 60 valence electrons. The van der Waals surface area contributed by atoms with Crippen LogP contribution < -0.4 is 5.32 Å². The van der Waals surface area contributed by atoms with Gasteiger partial charge in [-0.25, -0.2) is 0 Å². The van der Waals surface area contributed by atoms with Crippen molar-refractivity contribution in [2.24, 2.45) is 7.05 Å². The van der Waals surface area contributed by atoms with Gasteiger partial charge in [0.25, 0.3) is 0 Å². The van der Waals surface area contributed by atoms with Crippen LogP contribution in [0.1, 0.15) is 17.7 Å². The van der Waals surface area contributed by atoms with E-state index in [1.807, 2.05) is 11.7 Å². The zero-order valence-electron chi connectivity index (χ0n) is 7.02. The van der Waals surface area contributed by atoms with Crippen molar-refractivity contribution in [2.75, 3.05) is 11.9 Å². The van der Waals surface area contributed by atoms with Crippen LogP contribution in [-0.4, -0.2) is 16.3 Å². The van der Waals surface area contributed by atoms with Gasteiger partial charge in [-0.3, -0.25) is 4.68 Å². The molecular formula is C8H13N3. The molecule has 1 aromatic heterocycles. The van der Waals surface area contributed by atoms with Crippen LogP contribution in [0.4, 0.5) is 5.82 Å². The smallest absolute Gasteiger partial charge is 0.127 e. The zero-order valence-corrected chi connectivity index (χ0v) is 7.02. The Morgan fingerprint density at radius 2 is 2.36 bits per heavy atom. The third kappa shape index (κ3) is 0.914. The molecule has 11 heavy (non-hydrogen) atoms. The van der Waals surface area contributed by atoms with Crippen LogP contribution in [0.25, 0.3) is 0 Å². The summed E-state index contributed by atoms with van der Waals surface area (Å²) in [7, 11) is 1.99. The third-order valence-electron chi connectivity index (χ3n) is 2.24. The summed E-state index contributed by atoms with van der Waals surface area (Å²) in [4.78, 5) is 0. The van der Waals surface area contributed by atoms with E-state index < -0.39 is 0 Å². The highest BCUT2D eigenvalue weighted by atomic mass is 15.3. The van der Waals surface area contributed by atoms with Gasteiger partial charge in [-0.2, -0.15) is 5.10 Å². The number of aryl methyl sites for hydroxylation is 2. The molecule has 2 rings (SSSR count). The highest BCUT2D eigenvalue weighted by molar-refractivity contribution is 5.49. The number of rotatable bonds is 0. The molecule has 1 aliphatic heterocycles. The maximum atomic E-state index is 4.35. The highest BCUT2D eigenvalue weighted by Gasteiger charge is 2.15. The van der Waals surface area contributed by atoms with Crippen LogP contribution in [0.3, 0.4) is 0 Å². The second-order valence-electron chi connectivity index (χ2n) is 3.07. The summed E-state index contributed by atoms with van der Waals surface area (Å²) in [6, 6.07) is 0. The van der Waals surface area contributed by atoms with Crippen LogP contribution >= 0.6 is 0 Å². The Hall–Kier alpha value is -0.990. The molecule has 0 saturated heterocycles. The van der Waals surface area contributed by atoms with Crippen molar-refractivity contribution in [1.82, 2.24) is 9.78 Å². The molecule has 0 amide bonds. The first-order valence-corrected chi connectivity index (χ1v) is 4.05. The molecule has 1 aromatic rings. The van der Waals surface area contributed by atoms with Crippen molar-refractivity contribution in [3.8, 4) is 0 Å². The standard InChI is InChI=1S/C8H13N3/c1-6-7-4-3-5-9-8(7)11(2)10-6/h9H,3-5H2,1-2H3. The Morgan fingerprint density at radius 1 is 1.55 bits per heavy atom. The van der Waals surface area contributed by atoms with Crippen molar-refractivity contribution in [2.45, 2.75) is 19.8 Å². The Morgan fingerprint density at radius 3 is 3.09 bits per heavy atom. The minimum Gasteiger partial charge on any atom is -0.370 e. The normalized spacial score (nSPS) is 15.8. The van der Waals surface area contributed by atoms with Gasteiger partial charge in [0, 0.05) is 19.2 Å². The van der Waals surface area contributed by atoms with E-state index in [1.54, 1.807) is 0 Å². The summed E-state index contributed by atoms with van der Waals surface area (Å²) in [5.74, 6) is 1.22. The fourth-order valence-electron chi connectivity index (χ4n) is 1.69. The van der Waals surface area contributed by atoms with Gasteiger partial charge in [0.05, 0.1) is 5.69 Å². The van der Waals surface area contributed by atoms with Gasteiger partial charge in [0.15, 0.2) is 0 Å². The molecule has 0 spiro atoms. The number of hydrogen-bond donors (Lipinski definition) is 1. The summed E-state index contributed by atoms with van der Waals surface area (Å²) in [5, 5.41) is 7.70. The van der Waals surface area contributed by atoms with E-state index in [0.29, 0.717) is 0 Å². The average molecular weight is 151 g/mol. The van der Waals surface area contributed by atoms with Gasteiger partial charge in [0.1, 0.15) is 5.82 Å². The van der Waals surface area contributed by atoms with E-state index in [2.05, 4.69) is 17.3 Å². The summed E-state index contributed by atoms with van der Waals surface area (Å²) in [5.41, 5.74) is 2.58. The second kappa shape index (κ2) is 2.26. The molecule has 3 heteroatoms. The zero-order chi connectivity index (χ0) is 7.84. The minimum atomic E-state index is 1.09. The van der Waals surface area contributed by atoms with Gasteiger partial charge >= 0.3 is 0 Å². The van der Waals surface area contributed by atoms with Crippen LogP contribution in [-0.2, 0) is 13.5 Å². The molecule has 0 bridgehead atoms. The van der Waals surface area contributed by atoms with E-state index in [-0.39, 0.29) is 0 Å². The molecule has 3 nitrogen and oxygen atoms in total. The molecule has 0 unspecified atom stereocenters. The van der Waals surface area contributed by atoms with Crippen molar-refractivity contribution in [1.29, 1.82) is 0 Å². The summed E-state index contributed by atoms with van der Waals surface area (Å²) < 4.78 is 1.93. The molecular weight excluding hydrogens is 138 g/mol. The Labute approximate surface area is 66.4 Å². The Bertz CT molecular complexity index is 249. The number of nitrogens with one attached hydrogen (secondary N) is 1. The maximum absolute atomic E-state index is 4.35. The first-order chi connectivity index (χ1) is 5.29. The number of anilines is 1. The van der Waals surface area contributed by atoms with Crippen LogP contribution in [0.15, 0.2) is 0 Å². The molecule has 0 aromatic carbocycles. The molecule has 1 aliphatic rings. The van der Waals surface area contributed by atoms with Crippen LogP contribution in [0.5, 0.6) is 0 Å². The van der Waals surface area contributed by atoms with Crippen LogP contribution in [0, 0.1) is 6.92 Å². The number of aromatic nitrogens is 2. The summed E-state index contributed by atoms with van der Waals surface area (Å²) >= 11 is 0. The van der Waals surface area contributed by atoms with Crippen molar-refractivity contribution in [3.63, 3.8) is 0 Å². The lowest BCUT2D eigenvalue weighted by Gasteiger charge is -2.14. The van der Waals surface area contributed by atoms with Gasteiger partial charge in [0.2, 0.25) is 0 Å². The topological polar surface area (TPSA) is 29.9 Å². The molecule has 2 heterocycles. The van der Waals surface area contributed by atoms with E-state index in [1.165, 1.54) is 29.9 Å². The van der Waals surface area contributed by atoms with Gasteiger partial charge in [-0.05, 0) is 19.8 Å². The highest BCUT2D eigenvalue weighted by Crippen LogP contribution is 2.23. The number of nitrogens with zero attached hydrogens (tertiary/aromatic N) is 2. The fourth-order valence-corrected chi connectivity index (χ4v) is 1.69. The summed E-state index contributed by atoms with van der Waals surface area (Å²) in [6.07, 6.45) is 2.42. The van der Waals surface area contributed by atoms with Gasteiger partial charge < -0.3 is 5.32 Å².